The highest BCUT2D eigenvalue weighted by atomic mass is 79.9. The van der Waals surface area contributed by atoms with Gasteiger partial charge < -0.3 is 10.0 Å². The van der Waals surface area contributed by atoms with Crippen LogP contribution in [-0.4, -0.2) is 24.2 Å². The second kappa shape index (κ2) is 5.74. The molecule has 18 heavy (non-hydrogen) atoms. The molecule has 2 rings (SSSR count). The Labute approximate surface area is 116 Å². The van der Waals surface area contributed by atoms with Crippen LogP contribution in [0.2, 0.25) is 0 Å². The van der Waals surface area contributed by atoms with Gasteiger partial charge in [-0.15, -0.1) is 0 Å². The minimum Gasteiger partial charge on any atom is -0.478 e. The lowest BCUT2D eigenvalue weighted by Gasteiger charge is -2.21. The molecule has 1 fully saturated rings. The topological polar surface area (TPSA) is 40.5 Å². The van der Waals surface area contributed by atoms with Gasteiger partial charge >= 0.3 is 5.97 Å². The number of nitrogens with zero attached hydrogens (tertiary/aromatic N) is 1. The second-order valence-electron chi connectivity index (χ2n) is 4.83. The Bertz CT molecular complexity index is 447. The number of hydrogen-bond acceptors (Lipinski definition) is 2. The molecular formula is C14H18BrNO2. The summed E-state index contributed by atoms with van der Waals surface area (Å²) in [6.07, 6.45) is 3.59. The highest BCUT2D eigenvalue weighted by Gasteiger charge is 2.26. The van der Waals surface area contributed by atoms with E-state index in [0.717, 1.165) is 18.8 Å². The van der Waals surface area contributed by atoms with Gasteiger partial charge in [0.1, 0.15) is 0 Å². The number of anilines is 1. The van der Waals surface area contributed by atoms with Crippen LogP contribution in [-0.2, 0) is 0 Å². The van der Waals surface area contributed by atoms with Crippen LogP contribution in [0.5, 0.6) is 0 Å². The van der Waals surface area contributed by atoms with E-state index in [9.17, 15) is 9.90 Å². The van der Waals surface area contributed by atoms with Crippen molar-refractivity contribution in [3.05, 3.63) is 28.2 Å². The van der Waals surface area contributed by atoms with E-state index in [2.05, 4.69) is 27.8 Å². The number of benzene rings is 1. The molecule has 0 aromatic heterocycles. The number of carbonyl (C=O) groups is 1. The van der Waals surface area contributed by atoms with E-state index < -0.39 is 5.97 Å². The summed E-state index contributed by atoms with van der Waals surface area (Å²) in [7, 11) is 0. The van der Waals surface area contributed by atoms with E-state index in [1.165, 1.54) is 19.3 Å². The summed E-state index contributed by atoms with van der Waals surface area (Å²) < 4.78 is 0.659. The Morgan fingerprint density at radius 1 is 1.56 bits per heavy atom. The summed E-state index contributed by atoms with van der Waals surface area (Å²) in [6.45, 7) is 4.14. The Morgan fingerprint density at radius 2 is 2.33 bits per heavy atom. The molecule has 1 atom stereocenters. The summed E-state index contributed by atoms with van der Waals surface area (Å²) in [4.78, 5) is 13.6. The molecule has 4 heteroatoms. The Balaban J connectivity index is 2.24. The maximum Gasteiger partial charge on any atom is 0.338 e. The first-order valence-corrected chi connectivity index (χ1v) is 7.19. The van der Waals surface area contributed by atoms with Gasteiger partial charge in [-0.1, -0.05) is 19.4 Å². The Kier molecular flexibility index (Phi) is 4.27. The highest BCUT2D eigenvalue weighted by Crippen LogP contribution is 2.32. The van der Waals surface area contributed by atoms with Gasteiger partial charge in [-0.25, -0.2) is 4.79 Å². The second-order valence-corrected chi connectivity index (χ2v) is 5.68. The normalized spacial score (nSPS) is 19.2. The van der Waals surface area contributed by atoms with Crippen molar-refractivity contribution < 1.29 is 9.90 Å². The van der Waals surface area contributed by atoms with Crippen molar-refractivity contribution in [3.63, 3.8) is 0 Å². The maximum atomic E-state index is 11.3. The molecule has 0 aliphatic carbocycles. The summed E-state index contributed by atoms with van der Waals surface area (Å²) in [5, 5.41) is 9.32. The van der Waals surface area contributed by atoms with Crippen LogP contribution in [0.1, 0.15) is 36.5 Å². The third kappa shape index (κ3) is 2.69. The zero-order valence-electron chi connectivity index (χ0n) is 10.5. The number of carboxylic acid groups (broad SMARTS) is 1. The monoisotopic (exact) mass is 311 g/mol. The quantitative estimate of drug-likeness (QED) is 0.920. The molecule has 3 nitrogen and oxygen atoms in total. The average molecular weight is 312 g/mol. The molecule has 1 heterocycles. The molecule has 1 aromatic carbocycles. The van der Waals surface area contributed by atoms with Gasteiger partial charge in [-0.05, 0) is 46.8 Å². The average Bonchev–Trinajstić information content (AvgIpc) is 2.77. The van der Waals surface area contributed by atoms with E-state index in [-0.39, 0.29) is 0 Å². The largest absolute Gasteiger partial charge is 0.478 e. The smallest absolute Gasteiger partial charge is 0.338 e. The molecule has 1 aromatic rings. The fourth-order valence-corrected chi connectivity index (χ4v) is 3.21. The first-order valence-electron chi connectivity index (χ1n) is 6.40. The summed E-state index contributed by atoms with van der Waals surface area (Å²) in [5.41, 5.74) is 1.23. The number of carboxylic acids is 1. The van der Waals surface area contributed by atoms with Crippen LogP contribution in [0.15, 0.2) is 22.7 Å². The van der Waals surface area contributed by atoms with Crippen LogP contribution < -0.4 is 4.90 Å². The summed E-state index contributed by atoms with van der Waals surface area (Å²) >= 11 is 3.33. The van der Waals surface area contributed by atoms with E-state index in [1.54, 1.807) is 6.07 Å². The van der Waals surface area contributed by atoms with Gasteiger partial charge in [0.15, 0.2) is 0 Å². The molecule has 0 saturated carbocycles. The lowest BCUT2D eigenvalue weighted by molar-refractivity contribution is 0.0696. The van der Waals surface area contributed by atoms with Gasteiger partial charge in [-0.3, -0.25) is 0 Å². The molecule has 1 saturated heterocycles. The first kappa shape index (κ1) is 13.4. The van der Waals surface area contributed by atoms with E-state index in [4.69, 9.17) is 0 Å². The zero-order chi connectivity index (χ0) is 13.1. The third-order valence-corrected chi connectivity index (χ3v) is 4.19. The fourth-order valence-electron chi connectivity index (χ4n) is 2.68. The van der Waals surface area contributed by atoms with Crippen molar-refractivity contribution in [1.82, 2.24) is 0 Å². The zero-order valence-corrected chi connectivity index (χ0v) is 12.1. The van der Waals surface area contributed by atoms with Crippen molar-refractivity contribution in [3.8, 4) is 0 Å². The van der Waals surface area contributed by atoms with Gasteiger partial charge in [0.25, 0.3) is 0 Å². The van der Waals surface area contributed by atoms with Crippen LogP contribution in [0.4, 0.5) is 5.69 Å². The molecular weight excluding hydrogens is 294 g/mol. The summed E-state index contributed by atoms with van der Waals surface area (Å²) in [6, 6.07) is 5.59. The van der Waals surface area contributed by atoms with Crippen LogP contribution in [0, 0.1) is 5.92 Å². The van der Waals surface area contributed by atoms with Crippen molar-refractivity contribution in [2.24, 2.45) is 5.92 Å². The molecule has 98 valence electrons. The Hall–Kier alpha value is -1.03. The van der Waals surface area contributed by atoms with Crippen LogP contribution in [0.25, 0.3) is 0 Å². The molecule has 1 aliphatic heterocycles. The Morgan fingerprint density at radius 3 is 3.00 bits per heavy atom. The molecule has 1 unspecified atom stereocenters. The van der Waals surface area contributed by atoms with E-state index >= 15 is 0 Å². The van der Waals surface area contributed by atoms with Gasteiger partial charge in [0, 0.05) is 17.6 Å². The minimum atomic E-state index is -0.864. The summed E-state index contributed by atoms with van der Waals surface area (Å²) in [5.74, 6) is -0.160. The lowest BCUT2D eigenvalue weighted by atomic mass is 10.0. The maximum absolute atomic E-state index is 11.3. The first-order chi connectivity index (χ1) is 8.63. The van der Waals surface area contributed by atoms with Gasteiger partial charge in [0.05, 0.1) is 11.3 Å². The van der Waals surface area contributed by atoms with Crippen LogP contribution >= 0.6 is 15.9 Å². The molecule has 1 N–H and O–H groups in total. The van der Waals surface area contributed by atoms with Crippen molar-refractivity contribution in [2.45, 2.75) is 26.2 Å². The standard InChI is InChI=1S/C14H18BrNO2/c1-2-4-10-7-8-16(9-10)12-6-3-5-11(15)13(12)14(17)18/h3,5-6,10H,2,4,7-9H2,1H3,(H,17,18). The van der Waals surface area contributed by atoms with E-state index in [1.807, 2.05) is 12.1 Å². The van der Waals surface area contributed by atoms with Gasteiger partial charge in [0.2, 0.25) is 0 Å². The number of halogens is 1. The highest BCUT2D eigenvalue weighted by molar-refractivity contribution is 9.10. The molecule has 0 amide bonds. The number of rotatable bonds is 4. The van der Waals surface area contributed by atoms with Crippen molar-refractivity contribution >= 4 is 27.6 Å². The van der Waals surface area contributed by atoms with Crippen LogP contribution in [0.3, 0.4) is 0 Å². The SMILES string of the molecule is CCCC1CCN(c2cccc(Br)c2C(=O)O)C1. The predicted molar refractivity (Wildman–Crippen MR) is 76.3 cm³/mol. The number of hydrogen-bond donors (Lipinski definition) is 1. The lowest BCUT2D eigenvalue weighted by Crippen LogP contribution is -2.22. The van der Waals surface area contributed by atoms with Gasteiger partial charge in [-0.2, -0.15) is 0 Å². The van der Waals surface area contributed by atoms with Crippen molar-refractivity contribution in [1.29, 1.82) is 0 Å². The minimum absolute atomic E-state index is 0.384. The predicted octanol–water partition coefficient (Wildman–Crippen LogP) is 3.77. The van der Waals surface area contributed by atoms with Crippen molar-refractivity contribution in [2.75, 3.05) is 18.0 Å². The molecule has 0 radical (unpaired) electrons. The number of aromatic carboxylic acids is 1. The van der Waals surface area contributed by atoms with E-state index in [0.29, 0.717) is 16.0 Å². The third-order valence-electron chi connectivity index (χ3n) is 3.53. The molecule has 1 aliphatic rings. The molecule has 0 spiro atoms. The molecule has 0 bridgehead atoms. The fraction of sp³-hybridized carbons (Fsp3) is 0.500.